The van der Waals surface area contributed by atoms with Gasteiger partial charge in [-0.1, -0.05) is 60.7 Å². The number of ether oxygens (including phenoxy) is 1. The van der Waals surface area contributed by atoms with Crippen molar-refractivity contribution in [3.8, 4) is 11.1 Å². The van der Waals surface area contributed by atoms with Crippen molar-refractivity contribution in [1.29, 1.82) is 0 Å². The number of allylic oxidation sites excluding steroid dienone is 1. The van der Waals surface area contributed by atoms with Crippen molar-refractivity contribution in [3.63, 3.8) is 0 Å². The van der Waals surface area contributed by atoms with Crippen molar-refractivity contribution in [2.24, 2.45) is 0 Å². The molecule has 0 saturated heterocycles. The lowest BCUT2D eigenvalue weighted by atomic mass is 9.98. The van der Waals surface area contributed by atoms with E-state index in [1.807, 2.05) is 36.4 Å². The van der Waals surface area contributed by atoms with Gasteiger partial charge in [0.05, 0.1) is 6.04 Å². The van der Waals surface area contributed by atoms with Gasteiger partial charge in [-0.15, -0.1) is 0 Å². The van der Waals surface area contributed by atoms with Gasteiger partial charge in [0.15, 0.2) is 0 Å². The van der Waals surface area contributed by atoms with Crippen LogP contribution in [-0.2, 0) is 9.53 Å². The molecule has 2 aromatic rings. The second-order valence-corrected chi connectivity index (χ2v) is 7.30. The highest BCUT2D eigenvalue weighted by atomic mass is 16.6. The minimum absolute atomic E-state index is 0.0440. The number of carboxylic acid groups (broad SMARTS) is 1. The number of nitrogens with zero attached hydrogens (tertiary/aromatic N) is 1. The molecule has 1 N–H and O–H groups in total. The van der Waals surface area contributed by atoms with E-state index in [9.17, 15) is 14.7 Å². The number of fused-ring (bicyclic) bond motifs is 3. The van der Waals surface area contributed by atoms with Gasteiger partial charge in [-0.05, 0) is 42.0 Å². The molecule has 5 heteroatoms. The van der Waals surface area contributed by atoms with Gasteiger partial charge >= 0.3 is 12.1 Å². The third-order valence-electron chi connectivity index (χ3n) is 5.67. The van der Waals surface area contributed by atoms with Crippen LogP contribution in [0.15, 0.2) is 60.7 Å². The maximum Gasteiger partial charge on any atom is 0.411 e. The Morgan fingerprint density at radius 3 is 2.25 bits per heavy atom. The van der Waals surface area contributed by atoms with Gasteiger partial charge in [-0.25, -0.2) is 9.59 Å². The lowest BCUT2D eigenvalue weighted by Gasteiger charge is -2.31. The number of rotatable bonds is 5. The van der Waals surface area contributed by atoms with E-state index in [0.717, 1.165) is 35.1 Å². The Morgan fingerprint density at radius 1 is 1.11 bits per heavy atom. The van der Waals surface area contributed by atoms with E-state index < -0.39 is 18.1 Å². The molecule has 0 bridgehead atoms. The Hall–Kier alpha value is -3.08. The van der Waals surface area contributed by atoms with E-state index in [0.29, 0.717) is 0 Å². The molecule has 0 aromatic heterocycles. The Balaban J connectivity index is 1.55. The first-order chi connectivity index (χ1) is 13.6. The van der Waals surface area contributed by atoms with Gasteiger partial charge in [-0.2, -0.15) is 0 Å². The molecule has 0 spiro atoms. The molecule has 4 rings (SSSR count). The fourth-order valence-electron chi connectivity index (χ4n) is 4.22. The first-order valence-corrected chi connectivity index (χ1v) is 9.60. The SMILES string of the molecule is C[C@H](C(=O)O)N(C(=O)OCC1c2ccccc2-c2ccccc21)[C@H]1C=CCC1. The number of carboxylic acids is 1. The average Bonchev–Trinajstić information content (AvgIpc) is 3.33. The summed E-state index contributed by atoms with van der Waals surface area (Å²) in [7, 11) is 0. The largest absolute Gasteiger partial charge is 0.480 e. The summed E-state index contributed by atoms with van der Waals surface area (Å²) in [6.45, 7) is 1.71. The Bertz CT molecular complexity index is 888. The second kappa shape index (κ2) is 7.50. The summed E-state index contributed by atoms with van der Waals surface area (Å²) >= 11 is 0. The van der Waals surface area contributed by atoms with Gasteiger partial charge in [0.25, 0.3) is 0 Å². The van der Waals surface area contributed by atoms with E-state index in [-0.39, 0.29) is 18.6 Å². The summed E-state index contributed by atoms with van der Waals surface area (Å²) in [5, 5.41) is 9.43. The maximum absolute atomic E-state index is 12.9. The van der Waals surface area contributed by atoms with Crippen LogP contribution < -0.4 is 0 Å². The van der Waals surface area contributed by atoms with Gasteiger partial charge in [0.1, 0.15) is 12.6 Å². The Labute approximate surface area is 164 Å². The smallest absolute Gasteiger partial charge is 0.411 e. The molecule has 2 aliphatic rings. The van der Waals surface area contributed by atoms with Crippen LogP contribution in [-0.4, -0.2) is 40.8 Å². The second-order valence-electron chi connectivity index (χ2n) is 7.30. The van der Waals surface area contributed by atoms with E-state index in [2.05, 4.69) is 24.3 Å². The molecular weight excluding hydrogens is 354 g/mol. The van der Waals surface area contributed by atoms with Crippen LogP contribution in [0.3, 0.4) is 0 Å². The molecule has 0 radical (unpaired) electrons. The highest BCUT2D eigenvalue weighted by Gasteiger charge is 2.35. The third kappa shape index (κ3) is 3.17. The van der Waals surface area contributed by atoms with Crippen LogP contribution in [0, 0.1) is 0 Å². The summed E-state index contributed by atoms with van der Waals surface area (Å²) in [4.78, 5) is 25.7. The van der Waals surface area contributed by atoms with E-state index in [1.54, 1.807) is 0 Å². The number of carbonyl (C=O) groups is 2. The molecule has 0 fully saturated rings. The van der Waals surface area contributed by atoms with Crippen LogP contribution in [0.1, 0.15) is 36.8 Å². The van der Waals surface area contributed by atoms with Crippen LogP contribution in [0.25, 0.3) is 11.1 Å². The molecule has 0 aliphatic heterocycles. The molecule has 144 valence electrons. The van der Waals surface area contributed by atoms with Crippen molar-refractivity contribution >= 4 is 12.1 Å². The molecule has 2 aromatic carbocycles. The van der Waals surface area contributed by atoms with E-state index in [4.69, 9.17) is 4.74 Å². The minimum atomic E-state index is -1.03. The van der Waals surface area contributed by atoms with Gasteiger partial charge in [-0.3, -0.25) is 4.90 Å². The van der Waals surface area contributed by atoms with Gasteiger partial charge in [0.2, 0.25) is 0 Å². The van der Waals surface area contributed by atoms with Crippen molar-refractivity contribution in [2.45, 2.75) is 37.8 Å². The van der Waals surface area contributed by atoms with Crippen LogP contribution >= 0.6 is 0 Å². The van der Waals surface area contributed by atoms with Gasteiger partial charge in [0, 0.05) is 5.92 Å². The Kier molecular flexibility index (Phi) is 4.90. The zero-order valence-corrected chi connectivity index (χ0v) is 15.7. The number of hydrogen-bond donors (Lipinski definition) is 1. The lowest BCUT2D eigenvalue weighted by molar-refractivity contribution is -0.142. The van der Waals surface area contributed by atoms with Crippen molar-refractivity contribution in [2.75, 3.05) is 6.61 Å². The molecule has 28 heavy (non-hydrogen) atoms. The zero-order chi connectivity index (χ0) is 19.7. The molecule has 2 aliphatic carbocycles. The number of amides is 1. The summed E-state index contributed by atoms with van der Waals surface area (Å²) < 4.78 is 5.68. The maximum atomic E-state index is 12.9. The topological polar surface area (TPSA) is 66.8 Å². The zero-order valence-electron chi connectivity index (χ0n) is 15.7. The Morgan fingerprint density at radius 2 is 1.71 bits per heavy atom. The molecule has 0 saturated carbocycles. The van der Waals surface area contributed by atoms with E-state index in [1.165, 1.54) is 11.8 Å². The summed E-state index contributed by atoms with van der Waals surface area (Å²) in [5.74, 6) is -1.08. The number of hydrogen-bond acceptors (Lipinski definition) is 3. The number of carbonyl (C=O) groups excluding carboxylic acids is 1. The number of benzene rings is 2. The molecule has 5 nitrogen and oxygen atoms in total. The first-order valence-electron chi connectivity index (χ1n) is 9.60. The lowest BCUT2D eigenvalue weighted by Crippen LogP contribution is -2.48. The fraction of sp³-hybridized carbons (Fsp3) is 0.304. The third-order valence-corrected chi connectivity index (χ3v) is 5.67. The fourth-order valence-corrected chi connectivity index (χ4v) is 4.22. The summed E-state index contributed by atoms with van der Waals surface area (Å²) in [6.07, 6.45) is 4.85. The predicted octanol–water partition coefficient (Wildman–Crippen LogP) is 4.43. The number of aliphatic carboxylic acids is 1. The minimum Gasteiger partial charge on any atom is -0.480 e. The molecule has 2 atom stereocenters. The molecular formula is C23H23NO4. The van der Waals surface area contributed by atoms with Crippen LogP contribution in [0.2, 0.25) is 0 Å². The average molecular weight is 377 g/mol. The molecule has 0 unspecified atom stereocenters. The van der Waals surface area contributed by atoms with Crippen LogP contribution in [0.4, 0.5) is 4.79 Å². The summed E-state index contributed by atoms with van der Waals surface area (Å²) in [6, 6.07) is 15.1. The highest BCUT2D eigenvalue weighted by Crippen LogP contribution is 2.44. The van der Waals surface area contributed by atoms with E-state index >= 15 is 0 Å². The van der Waals surface area contributed by atoms with Crippen molar-refractivity contribution in [1.82, 2.24) is 4.90 Å². The molecule has 1 amide bonds. The standard InChI is InChI=1S/C23H23NO4/c1-15(22(25)26)24(16-8-2-3-9-16)23(27)28-14-21-19-12-6-4-10-17(19)18-11-5-7-13-20(18)21/h2,4-8,10-13,15-16,21H,3,9,14H2,1H3,(H,25,26)/t15-,16+/m1/s1. The molecule has 0 heterocycles. The summed E-state index contributed by atoms with van der Waals surface area (Å²) in [5.41, 5.74) is 4.59. The normalized spacial score (nSPS) is 18.4. The highest BCUT2D eigenvalue weighted by molar-refractivity contribution is 5.81. The first kappa shape index (κ1) is 18.3. The quantitative estimate of drug-likeness (QED) is 0.783. The van der Waals surface area contributed by atoms with Crippen molar-refractivity contribution < 1.29 is 19.4 Å². The predicted molar refractivity (Wildman–Crippen MR) is 106 cm³/mol. The van der Waals surface area contributed by atoms with Crippen molar-refractivity contribution in [3.05, 3.63) is 71.8 Å². The monoisotopic (exact) mass is 377 g/mol. The van der Waals surface area contributed by atoms with Crippen LogP contribution in [0.5, 0.6) is 0 Å². The van der Waals surface area contributed by atoms with Gasteiger partial charge < -0.3 is 9.84 Å².